The molecule has 1 aliphatic heterocycles. The van der Waals surface area contributed by atoms with Crippen LogP contribution in [0.4, 0.5) is 0 Å². The Hall–Kier alpha value is -2.45. The quantitative estimate of drug-likeness (QED) is 0.731. The van der Waals surface area contributed by atoms with E-state index in [1.54, 1.807) is 17.4 Å². The third kappa shape index (κ3) is 3.49. The lowest BCUT2D eigenvalue weighted by Crippen LogP contribution is -2.20. The Labute approximate surface area is 152 Å². The highest BCUT2D eigenvalue weighted by molar-refractivity contribution is 7.10. The van der Waals surface area contributed by atoms with Gasteiger partial charge in [0.05, 0.1) is 5.92 Å². The Kier molecular flexibility index (Phi) is 5.30. The summed E-state index contributed by atoms with van der Waals surface area (Å²) in [5.41, 5.74) is 8.19. The van der Waals surface area contributed by atoms with Gasteiger partial charge in [0.2, 0.25) is 5.88 Å². The number of nitrogens with zero attached hydrogens (tertiary/aromatic N) is 1. The maximum absolute atomic E-state index is 10.3. The number of rotatable bonds is 6. The largest absolute Gasteiger partial charge is 0.508 e. The number of aromatic hydroxyl groups is 1. The molecule has 0 spiro atoms. The van der Waals surface area contributed by atoms with Crippen molar-refractivity contribution in [1.82, 2.24) is 0 Å². The molecular weight excluding hydrogens is 332 g/mol. The zero-order valence-corrected chi connectivity index (χ0v) is 15.1. The van der Waals surface area contributed by atoms with Crippen LogP contribution in [0.3, 0.4) is 0 Å². The molecule has 2 heterocycles. The van der Waals surface area contributed by atoms with Gasteiger partial charge in [-0.2, -0.15) is 5.26 Å². The molecule has 0 saturated carbocycles. The molecule has 5 heteroatoms. The monoisotopic (exact) mass is 354 g/mol. The molecule has 130 valence electrons. The first-order valence-corrected chi connectivity index (χ1v) is 9.50. The van der Waals surface area contributed by atoms with Crippen molar-refractivity contribution in [3.63, 3.8) is 0 Å². The molecule has 0 aliphatic carbocycles. The standard InChI is InChI=1S/C20H22N2O2S/c1-2-3-4-5-7-13-10-14-17(11-16(13)23)24-20(22)15(12-21)19(14)18-8-6-9-25-18/h6,8-11,19,23H,2-5,7,22H2,1H3/t19-/m0/s1. The molecule has 0 unspecified atom stereocenters. The molecule has 1 aromatic carbocycles. The number of phenolic OH excluding ortho intramolecular Hbond substituents is 1. The van der Waals surface area contributed by atoms with Crippen LogP contribution in [0.5, 0.6) is 11.5 Å². The first-order chi connectivity index (χ1) is 12.2. The summed E-state index contributed by atoms with van der Waals surface area (Å²) in [6.45, 7) is 2.18. The SMILES string of the molecule is CCCCCCc1cc2c(cc1O)OC(N)=C(C#N)[C@H]2c1cccs1. The number of thiophene rings is 1. The Morgan fingerprint density at radius 1 is 1.32 bits per heavy atom. The number of aryl methyl sites for hydroxylation is 1. The van der Waals surface area contributed by atoms with Gasteiger partial charge in [-0.25, -0.2) is 0 Å². The lowest BCUT2D eigenvalue weighted by Gasteiger charge is -2.26. The van der Waals surface area contributed by atoms with E-state index in [1.165, 1.54) is 12.8 Å². The maximum Gasteiger partial charge on any atom is 0.205 e. The van der Waals surface area contributed by atoms with Gasteiger partial charge in [-0.1, -0.05) is 32.3 Å². The van der Waals surface area contributed by atoms with Crippen molar-refractivity contribution < 1.29 is 9.84 Å². The molecule has 3 rings (SSSR count). The average molecular weight is 354 g/mol. The van der Waals surface area contributed by atoms with E-state index in [-0.39, 0.29) is 17.6 Å². The topological polar surface area (TPSA) is 79.3 Å². The smallest absolute Gasteiger partial charge is 0.205 e. The molecule has 2 aromatic rings. The number of allylic oxidation sites excluding steroid dienone is 1. The fourth-order valence-electron chi connectivity index (χ4n) is 3.23. The van der Waals surface area contributed by atoms with Gasteiger partial charge in [0.25, 0.3) is 0 Å². The molecule has 0 fully saturated rings. The lowest BCUT2D eigenvalue weighted by molar-refractivity contribution is 0.387. The third-order valence-electron chi connectivity index (χ3n) is 4.54. The molecule has 1 atom stereocenters. The summed E-state index contributed by atoms with van der Waals surface area (Å²) in [4.78, 5) is 1.05. The Balaban J connectivity index is 1.99. The van der Waals surface area contributed by atoms with Gasteiger partial charge in [-0.15, -0.1) is 11.3 Å². The van der Waals surface area contributed by atoms with Crippen molar-refractivity contribution in [3.05, 3.63) is 57.1 Å². The summed E-state index contributed by atoms with van der Waals surface area (Å²) in [6.07, 6.45) is 5.38. The molecule has 1 aromatic heterocycles. The van der Waals surface area contributed by atoms with Crippen LogP contribution in [0.25, 0.3) is 0 Å². The number of nitriles is 1. The second-order valence-electron chi connectivity index (χ2n) is 6.27. The molecule has 1 aliphatic rings. The number of nitrogens with two attached hydrogens (primary N) is 1. The van der Waals surface area contributed by atoms with Crippen LogP contribution < -0.4 is 10.5 Å². The lowest BCUT2D eigenvalue weighted by atomic mass is 9.86. The highest BCUT2D eigenvalue weighted by atomic mass is 32.1. The van der Waals surface area contributed by atoms with Crippen LogP contribution in [0.2, 0.25) is 0 Å². The Bertz CT molecular complexity index is 819. The molecule has 4 nitrogen and oxygen atoms in total. The second kappa shape index (κ2) is 7.62. The highest BCUT2D eigenvalue weighted by Crippen LogP contribution is 2.45. The molecule has 0 radical (unpaired) electrons. The number of hydrogen-bond acceptors (Lipinski definition) is 5. The van der Waals surface area contributed by atoms with Gasteiger partial charge in [-0.3, -0.25) is 0 Å². The zero-order chi connectivity index (χ0) is 17.8. The van der Waals surface area contributed by atoms with Crippen molar-refractivity contribution in [2.24, 2.45) is 5.73 Å². The van der Waals surface area contributed by atoms with Crippen LogP contribution in [-0.4, -0.2) is 5.11 Å². The van der Waals surface area contributed by atoms with E-state index >= 15 is 0 Å². The molecule has 25 heavy (non-hydrogen) atoms. The molecule has 0 bridgehead atoms. The first kappa shape index (κ1) is 17.4. The Morgan fingerprint density at radius 3 is 2.84 bits per heavy atom. The fourth-order valence-corrected chi connectivity index (χ4v) is 4.08. The van der Waals surface area contributed by atoms with Crippen molar-refractivity contribution in [2.45, 2.75) is 44.9 Å². The van der Waals surface area contributed by atoms with Gasteiger partial charge >= 0.3 is 0 Å². The van der Waals surface area contributed by atoms with Gasteiger partial charge in [-0.05, 0) is 35.9 Å². The minimum absolute atomic E-state index is 0.114. The van der Waals surface area contributed by atoms with Crippen LogP contribution in [-0.2, 0) is 6.42 Å². The van der Waals surface area contributed by atoms with E-state index in [0.717, 1.165) is 35.3 Å². The number of ether oxygens (including phenoxy) is 1. The normalized spacial score (nSPS) is 16.2. The average Bonchev–Trinajstić information content (AvgIpc) is 3.12. The summed E-state index contributed by atoms with van der Waals surface area (Å²) < 4.78 is 5.62. The van der Waals surface area contributed by atoms with Crippen molar-refractivity contribution in [1.29, 1.82) is 5.26 Å². The van der Waals surface area contributed by atoms with E-state index in [4.69, 9.17) is 10.5 Å². The summed E-state index contributed by atoms with van der Waals surface area (Å²) in [6, 6.07) is 9.78. The fraction of sp³-hybridized carbons (Fsp3) is 0.350. The predicted molar refractivity (Wildman–Crippen MR) is 99.6 cm³/mol. The number of unbranched alkanes of at least 4 members (excludes halogenated alkanes) is 3. The minimum atomic E-state index is -0.233. The molecule has 3 N–H and O–H groups in total. The number of fused-ring (bicyclic) bond motifs is 1. The second-order valence-corrected chi connectivity index (χ2v) is 7.25. The highest BCUT2D eigenvalue weighted by Gasteiger charge is 2.32. The van der Waals surface area contributed by atoms with E-state index < -0.39 is 0 Å². The van der Waals surface area contributed by atoms with Crippen LogP contribution in [0.15, 0.2) is 41.1 Å². The minimum Gasteiger partial charge on any atom is -0.508 e. The number of phenols is 1. The van der Waals surface area contributed by atoms with Crippen LogP contribution in [0.1, 0.15) is 54.5 Å². The maximum atomic E-state index is 10.3. The van der Waals surface area contributed by atoms with E-state index in [2.05, 4.69) is 13.0 Å². The van der Waals surface area contributed by atoms with Crippen LogP contribution >= 0.6 is 11.3 Å². The summed E-state index contributed by atoms with van der Waals surface area (Å²) in [5, 5.41) is 21.9. The van der Waals surface area contributed by atoms with E-state index in [9.17, 15) is 10.4 Å². The van der Waals surface area contributed by atoms with Gasteiger partial charge in [0.1, 0.15) is 23.1 Å². The van der Waals surface area contributed by atoms with E-state index in [1.807, 2.05) is 23.6 Å². The predicted octanol–water partition coefficient (Wildman–Crippen LogP) is 4.79. The van der Waals surface area contributed by atoms with Crippen molar-refractivity contribution in [2.75, 3.05) is 0 Å². The van der Waals surface area contributed by atoms with Crippen LogP contribution in [0, 0.1) is 11.3 Å². The zero-order valence-electron chi connectivity index (χ0n) is 14.3. The Morgan fingerprint density at radius 2 is 2.16 bits per heavy atom. The van der Waals surface area contributed by atoms with E-state index in [0.29, 0.717) is 11.3 Å². The molecule has 0 amide bonds. The van der Waals surface area contributed by atoms with Gasteiger partial charge in [0.15, 0.2) is 0 Å². The summed E-state index contributed by atoms with van der Waals surface area (Å²) in [5.74, 6) is 0.644. The first-order valence-electron chi connectivity index (χ1n) is 8.62. The summed E-state index contributed by atoms with van der Waals surface area (Å²) in [7, 11) is 0. The third-order valence-corrected chi connectivity index (χ3v) is 5.48. The molecular formula is C20H22N2O2S. The van der Waals surface area contributed by atoms with Gasteiger partial charge < -0.3 is 15.6 Å². The number of hydrogen-bond donors (Lipinski definition) is 2. The van der Waals surface area contributed by atoms with Crippen molar-refractivity contribution in [3.8, 4) is 17.6 Å². The number of benzene rings is 1. The molecule has 0 saturated heterocycles. The summed E-state index contributed by atoms with van der Waals surface area (Å²) >= 11 is 1.59. The van der Waals surface area contributed by atoms with Gasteiger partial charge in [0, 0.05) is 16.5 Å². The van der Waals surface area contributed by atoms with Crippen molar-refractivity contribution >= 4 is 11.3 Å².